The van der Waals surface area contributed by atoms with Crippen molar-refractivity contribution >= 4 is 36.4 Å². The van der Waals surface area contributed by atoms with Gasteiger partial charge >= 0.3 is 0 Å². The van der Waals surface area contributed by atoms with Crippen molar-refractivity contribution in [3.8, 4) is 5.75 Å². The van der Waals surface area contributed by atoms with E-state index in [1.165, 1.54) is 0 Å². The average Bonchev–Trinajstić information content (AvgIpc) is 3.01. The van der Waals surface area contributed by atoms with Gasteiger partial charge in [0.1, 0.15) is 11.9 Å². The van der Waals surface area contributed by atoms with Gasteiger partial charge in [0.25, 0.3) is 0 Å². The number of methoxy groups -OCH3 is 1. The lowest BCUT2D eigenvalue weighted by Crippen LogP contribution is -2.53. The molecule has 136 valence electrons. The van der Waals surface area contributed by atoms with Gasteiger partial charge in [-0.3, -0.25) is 4.79 Å². The van der Waals surface area contributed by atoms with E-state index < -0.39 is 6.17 Å². The number of carbonyl (C=O) groups is 1. The number of nitrogens with one attached hydrogen (secondary N) is 1. The van der Waals surface area contributed by atoms with Crippen molar-refractivity contribution < 1.29 is 13.9 Å². The predicted octanol–water partition coefficient (Wildman–Crippen LogP) is 1.89. The van der Waals surface area contributed by atoms with Crippen LogP contribution in [0.25, 0.3) is 0 Å². The molecule has 1 aromatic carbocycles. The van der Waals surface area contributed by atoms with Crippen LogP contribution in [0, 0.1) is 0 Å². The third-order valence-corrected chi connectivity index (χ3v) is 4.39. The number of amides is 1. The van der Waals surface area contributed by atoms with E-state index in [-0.39, 0.29) is 36.8 Å². The molecule has 3 rings (SSSR count). The van der Waals surface area contributed by atoms with Crippen LogP contribution in [0.2, 0.25) is 0 Å². The topological polar surface area (TPSA) is 44.8 Å². The summed E-state index contributed by atoms with van der Waals surface area (Å²) in [5, 5.41) is 2.97. The predicted molar refractivity (Wildman–Crippen MR) is 97.6 cm³/mol. The van der Waals surface area contributed by atoms with Crippen molar-refractivity contribution in [2.24, 2.45) is 0 Å². The van der Waals surface area contributed by atoms with Crippen LogP contribution in [0.4, 0.5) is 10.1 Å². The van der Waals surface area contributed by atoms with Crippen molar-refractivity contribution in [1.29, 1.82) is 0 Å². The van der Waals surface area contributed by atoms with Crippen molar-refractivity contribution in [2.75, 3.05) is 44.7 Å². The molecule has 5 nitrogen and oxygen atoms in total. The van der Waals surface area contributed by atoms with Crippen LogP contribution >= 0.6 is 24.8 Å². The van der Waals surface area contributed by atoms with E-state index in [9.17, 15) is 9.18 Å². The number of carbonyl (C=O) groups excluding carboxylic acids is 1. The van der Waals surface area contributed by atoms with Crippen molar-refractivity contribution in [2.45, 2.75) is 18.6 Å². The first kappa shape index (κ1) is 20.8. The number of rotatable bonds is 3. The number of piperazine rings is 1. The minimum atomic E-state index is -0.896. The molecule has 1 amide bonds. The van der Waals surface area contributed by atoms with Crippen LogP contribution in [0.3, 0.4) is 0 Å². The summed E-state index contributed by atoms with van der Waals surface area (Å²) in [5.74, 6) is 0.866. The highest BCUT2D eigenvalue weighted by molar-refractivity contribution is 5.85. The Balaban J connectivity index is 0.00000144. The van der Waals surface area contributed by atoms with E-state index in [0.717, 1.165) is 24.5 Å². The fourth-order valence-corrected chi connectivity index (χ4v) is 3.09. The van der Waals surface area contributed by atoms with Gasteiger partial charge in [-0.2, -0.15) is 0 Å². The molecule has 1 N–H and O–H groups in total. The van der Waals surface area contributed by atoms with Gasteiger partial charge in [0.05, 0.1) is 13.2 Å². The van der Waals surface area contributed by atoms with Crippen LogP contribution in [-0.4, -0.2) is 62.9 Å². The molecule has 2 saturated heterocycles. The van der Waals surface area contributed by atoms with Crippen LogP contribution in [0.1, 0.15) is 6.42 Å². The molecule has 0 spiro atoms. The summed E-state index contributed by atoms with van der Waals surface area (Å²) in [6.07, 6.45) is -0.596. The molecule has 1 aromatic rings. The first-order valence-corrected chi connectivity index (χ1v) is 7.72. The number of hydrogen-bond donors (Lipinski definition) is 1. The van der Waals surface area contributed by atoms with Crippen LogP contribution < -0.4 is 15.0 Å². The maximum atomic E-state index is 13.2. The molecule has 0 radical (unpaired) electrons. The van der Waals surface area contributed by atoms with Gasteiger partial charge in [0.15, 0.2) is 0 Å². The largest absolute Gasteiger partial charge is 0.497 e. The Morgan fingerprint density at radius 3 is 2.54 bits per heavy atom. The molecule has 0 bridgehead atoms. The lowest BCUT2D eigenvalue weighted by atomic mass is 10.1. The Bertz CT molecular complexity index is 542. The zero-order chi connectivity index (χ0) is 15.5. The maximum absolute atomic E-state index is 13.2. The first-order valence-electron chi connectivity index (χ1n) is 7.72. The SMILES string of the molecule is COc1cccc(N2CCN(C(=O)[C@H]3C[C@H](F)CN3)CC2)c1.Cl.Cl. The second-order valence-corrected chi connectivity index (χ2v) is 5.81. The Hall–Kier alpha value is -1.24. The molecule has 0 aliphatic carbocycles. The zero-order valence-electron chi connectivity index (χ0n) is 13.6. The smallest absolute Gasteiger partial charge is 0.239 e. The molecular formula is C16H24Cl2FN3O2. The van der Waals surface area contributed by atoms with Crippen molar-refractivity contribution in [1.82, 2.24) is 10.2 Å². The van der Waals surface area contributed by atoms with E-state index in [2.05, 4.69) is 10.2 Å². The van der Waals surface area contributed by atoms with Gasteiger partial charge in [-0.15, -0.1) is 24.8 Å². The number of ether oxygens (including phenoxy) is 1. The van der Waals surface area contributed by atoms with E-state index in [1.54, 1.807) is 7.11 Å². The van der Waals surface area contributed by atoms with Gasteiger partial charge in [-0.05, 0) is 12.1 Å². The lowest BCUT2D eigenvalue weighted by molar-refractivity contribution is -0.133. The highest BCUT2D eigenvalue weighted by Gasteiger charge is 2.33. The summed E-state index contributed by atoms with van der Waals surface area (Å²) in [4.78, 5) is 16.4. The highest BCUT2D eigenvalue weighted by atomic mass is 35.5. The third-order valence-electron chi connectivity index (χ3n) is 4.39. The summed E-state index contributed by atoms with van der Waals surface area (Å²) >= 11 is 0. The number of anilines is 1. The van der Waals surface area contributed by atoms with Gasteiger partial charge in [0.2, 0.25) is 5.91 Å². The molecule has 24 heavy (non-hydrogen) atoms. The minimum absolute atomic E-state index is 0. The monoisotopic (exact) mass is 379 g/mol. The molecule has 0 unspecified atom stereocenters. The molecule has 2 aliphatic rings. The zero-order valence-corrected chi connectivity index (χ0v) is 15.2. The van der Waals surface area contributed by atoms with E-state index in [1.807, 2.05) is 29.2 Å². The fourth-order valence-electron chi connectivity index (χ4n) is 3.09. The van der Waals surface area contributed by atoms with Crippen molar-refractivity contribution in [3.63, 3.8) is 0 Å². The van der Waals surface area contributed by atoms with Gasteiger partial charge in [-0.25, -0.2) is 4.39 Å². The van der Waals surface area contributed by atoms with Gasteiger partial charge in [-0.1, -0.05) is 6.07 Å². The Morgan fingerprint density at radius 2 is 1.96 bits per heavy atom. The Labute approximate surface area is 154 Å². The first-order chi connectivity index (χ1) is 10.7. The molecule has 0 saturated carbocycles. The number of nitrogens with zero attached hydrogens (tertiary/aromatic N) is 2. The van der Waals surface area contributed by atoms with E-state index in [0.29, 0.717) is 26.1 Å². The number of halogens is 3. The standard InChI is InChI=1S/C16H22FN3O2.2ClH/c1-22-14-4-2-3-13(10-14)19-5-7-20(8-6-19)16(21)15-9-12(17)11-18-15;;/h2-4,10,12,15,18H,5-9,11H2,1H3;2*1H/t12-,15+;;/m0../s1. The Morgan fingerprint density at radius 1 is 1.25 bits per heavy atom. The summed E-state index contributed by atoms with van der Waals surface area (Å²) < 4.78 is 18.5. The molecule has 0 aromatic heterocycles. The molecule has 2 fully saturated rings. The second kappa shape index (κ2) is 9.30. The highest BCUT2D eigenvalue weighted by Crippen LogP contribution is 2.22. The van der Waals surface area contributed by atoms with E-state index >= 15 is 0 Å². The molecule has 2 atom stereocenters. The van der Waals surface area contributed by atoms with Crippen LogP contribution in [0.15, 0.2) is 24.3 Å². The third kappa shape index (κ3) is 4.65. The summed E-state index contributed by atoms with van der Waals surface area (Å²) in [6.45, 7) is 3.20. The number of alkyl halides is 1. The molecule has 2 heterocycles. The molecular weight excluding hydrogens is 356 g/mol. The van der Waals surface area contributed by atoms with E-state index in [4.69, 9.17) is 4.74 Å². The summed E-state index contributed by atoms with van der Waals surface area (Å²) in [5.41, 5.74) is 1.11. The number of benzene rings is 1. The normalized spacial score (nSPS) is 23.2. The summed E-state index contributed by atoms with van der Waals surface area (Å²) in [7, 11) is 1.66. The quantitative estimate of drug-likeness (QED) is 0.870. The van der Waals surface area contributed by atoms with Gasteiger partial charge < -0.3 is 19.9 Å². The second-order valence-electron chi connectivity index (χ2n) is 5.81. The average molecular weight is 380 g/mol. The van der Waals surface area contributed by atoms with Crippen LogP contribution in [0.5, 0.6) is 5.75 Å². The molecule has 8 heteroatoms. The lowest BCUT2D eigenvalue weighted by Gasteiger charge is -2.37. The molecule has 2 aliphatic heterocycles. The number of hydrogen-bond acceptors (Lipinski definition) is 4. The fraction of sp³-hybridized carbons (Fsp3) is 0.562. The van der Waals surface area contributed by atoms with Crippen molar-refractivity contribution in [3.05, 3.63) is 24.3 Å². The maximum Gasteiger partial charge on any atom is 0.239 e. The Kier molecular flexibility index (Phi) is 8.06. The van der Waals surface area contributed by atoms with Crippen LogP contribution in [-0.2, 0) is 4.79 Å². The van der Waals surface area contributed by atoms with Gasteiger partial charge in [0, 0.05) is 50.9 Å². The minimum Gasteiger partial charge on any atom is -0.497 e. The summed E-state index contributed by atoms with van der Waals surface area (Å²) in [6, 6.07) is 7.59.